The van der Waals surface area contributed by atoms with Crippen LogP contribution in [0.4, 0.5) is 0 Å². The first kappa shape index (κ1) is 13.3. The van der Waals surface area contributed by atoms with Gasteiger partial charge in [-0.05, 0) is 32.4 Å². The van der Waals surface area contributed by atoms with Gasteiger partial charge >= 0.3 is 0 Å². The van der Waals surface area contributed by atoms with Crippen molar-refractivity contribution in [3.63, 3.8) is 0 Å². The van der Waals surface area contributed by atoms with Gasteiger partial charge in [0.05, 0.1) is 6.20 Å². The SMILES string of the molecule is Cc1ccc(C(=O)NCc2cnn(C)c2C)c(C)c1. The minimum atomic E-state index is -0.0410. The van der Waals surface area contributed by atoms with Crippen LogP contribution in [0.3, 0.4) is 0 Å². The van der Waals surface area contributed by atoms with Gasteiger partial charge in [-0.25, -0.2) is 0 Å². The summed E-state index contributed by atoms with van der Waals surface area (Å²) in [5, 5.41) is 7.10. The minimum absolute atomic E-state index is 0.0410. The monoisotopic (exact) mass is 257 g/mol. The number of hydrogen-bond donors (Lipinski definition) is 1. The molecule has 4 heteroatoms. The van der Waals surface area contributed by atoms with Crippen LogP contribution in [0.15, 0.2) is 24.4 Å². The van der Waals surface area contributed by atoms with E-state index < -0.39 is 0 Å². The molecule has 4 nitrogen and oxygen atoms in total. The average Bonchev–Trinajstić information content (AvgIpc) is 2.67. The molecule has 0 atom stereocenters. The van der Waals surface area contributed by atoms with Crippen molar-refractivity contribution in [2.45, 2.75) is 27.3 Å². The highest BCUT2D eigenvalue weighted by Gasteiger charge is 2.10. The maximum absolute atomic E-state index is 12.1. The summed E-state index contributed by atoms with van der Waals surface area (Å²) in [4.78, 5) is 12.1. The summed E-state index contributed by atoms with van der Waals surface area (Å²) in [6, 6.07) is 5.84. The van der Waals surface area contributed by atoms with E-state index in [4.69, 9.17) is 0 Å². The summed E-state index contributed by atoms with van der Waals surface area (Å²) in [7, 11) is 1.89. The summed E-state index contributed by atoms with van der Waals surface area (Å²) in [5.74, 6) is -0.0410. The van der Waals surface area contributed by atoms with Gasteiger partial charge in [-0.3, -0.25) is 9.48 Å². The lowest BCUT2D eigenvalue weighted by Gasteiger charge is -2.08. The van der Waals surface area contributed by atoms with E-state index in [0.717, 1.165) is 27.9 Å². The third kappa shape index (κ3) is 2.84. The third-order valence-corrected chi connectivity index (χ3v) is 3.40. The van der Waals surface area contributed by atoms with Gasteiger partial charge in [0, 0.05) is 30.4 Å². The Balaban J connectivity index is 2.07. The summed E-state index contributed by atoms with van der Waals surface area (Å²) in [6.07, 6.45) is 1.79. The molecule has 0 aliphatic carbocycles. The first-order valence-electron chi connectivity index (χ1n) is 6.32. The molecule has 0 aliphatic heterocycles. The average molecular weight is 257 g/mol. The molecule has 0 radical (unpaired) electrons. The molecule has 0 aliphatic rings. The predicted molar refractivity (Wildman–Crippen MR) is 75.0 cm³/mol. The maximum atomic E-state index is 12.1. The van der Waals surface area contributed by atoms with Crippen molar-refractivity contribution in [2.24, 2.45) is 7.05 Å². The molecule has 0 spiro atoms. The smallest absolute Gasteiger partial charge is 0.251 e. The third-order valence-electron chi connectivity index (χ3n) is 3.40. The van der Waals surface area contributed by atoms with E-state index in [0.29, 0.717) is 6.54 Å². The quantitative estimate of drug-likeness (QED) is 0.917. The Kier molecular flexibility index (Phi) is 3.69. The van der Waals surface area contributed by atoms with E-state index >= 15 is 0 Å². The molecule has 19 heavy (non-hydrogen) atoms. The van der Waals surface area contributed by atoms with Crippen molar-refractivity contribution >= 4 is 5.91 Å². The van der Waals surface area contributed by atoms with Crippen LogP contribution >= 0.6 is 0 Å². The van der Waals surface area contributed by atoms with Crippen molar-refractivity contribution < 1.29 is 4.79 Å². The fourth-order valence-electron chi connectivity index (χ4n) is 2.06. The van der Waals surface area contributed by atoms with Gasteiger partial charge in [-0.15, -0.1) is 0 Å². The van der Waals surface area contributed by atoms with Crippen LogP contribution in [0.1, 0.15) is 32.7 Å². The van der Waals surface area contributed by atoms with E-state index in [2.05, 4.69) is 10.4 Å². The molecule has 1 heterocycles. The van der Waals surface area contributed by atoms with Crippen LogP contribution in [0.25, 0.3) is 0 Å². The lowest BCUT2D eigenvalue weighted by atomic mass is 10.1. The minimum Gasteiger partial charge on any atom is -0.348 e. The highest BCUT2D eigenvalue weighted by Crippen LogP contribution is 2.11. The Morgan fingerprint density at radius 2 is 2.05 bits per heavy atom. The van der Waals surface area contributed by atoms with Crippen molar-refractivity contribution in [1.82, 2.24) is 15.1 Å². The number of amides is 1. The topological polar surface area (TPSA) is 46.9 Å². The fourth-order valence-corrected chi connectivity index (χ4v) is 2.06. The fraction of sp³-hybridized carbons (Fsp3) is 0.333. The van der Waals surface area contributed by atoms with Gasteiger partial charge in [0.15, 0.2) is 0 Å². The molecule has 0 saturated carbocycles. The van der Waals surface area contributed by atoms with Gasteiger partial charge in [-0.1, -0.05) is 17.7 Å². The van der Waals surface area contributed by atoms with Crippen LogP contribution in [0.2, 0.25) is 0 Å². The molecule has 0 bridgehead atoms. The van der Waals surface area contributed by atoms with Crippen molar-refractivity contribution in [3.05, 3.63) is 52.3 Å². The highest BCUT2D eigenvalue weighted by molar-refractivity contribution is 5.95. The number of carbonyl (C=O) groups excluding carboxylic acids is 1. The second-order valence-corrected chi connectivity index (χ2v) is 4.88. The second-order valence-electron chi connectivity index (χ2n) is 4.88. The van der Waals surface area contributed by atoms with E-state index in [9.17, 15) is 4.79 Å². The normalized spacial score (nSPS) is 10.5. The lowest BCUT2D eigenvalue weighted by molar-refractivity contribution is 0.0950. The Morgan fingerprint density at radius 1 is 1.32 bits per heavy atom. The molecular formula is C15H19N3O. The number of aryl methyl sites for hydroxylation is 3. The second kappa shape index (κ2) is 5.26. The van der Waals surface area contributed by atoms with Crippen molar-refractivity contribution in [3.8, 4) is 0 Å². The number of carbonyl (C=O) groups is 1. The number of benzene rings is 1. The first-order valence-corrected chi connectivity index (χ1v) is 6.32. The molecule has 0 unspecified atom stereocenters. The Labute approximate surface area is 113 Å². The lowest BCUT2D eigenvalue weighted by Crippen LogP contribution is -2.23. The van der Waals surface area contributed by atoms with E-state index in [-0.39, 0.29) is 5.91 Å². The molecule has 1 aromatic carbocycles. The molecular weight excluding hydrogens is 238 g/mol. The zero-order valence-corrected chi connectivity index (χ0v) is 11.8. The molecule has 1 amide bonds. The summed E-state index contributed by atoms with van der Waals surface area (Å²) < 4.78 is 1.80. The maximum Gasteiger partial charge on any atom is 0.251 e. The van der Waals surface area contributed by atoms with E-state index in [1.165, 1.54) is 0 Å². The molecule has 1 aromatic heterocycles. The van der Waals surface area contributed by atoms with Crippen LogP contribution in [0.5, 0.6) is 0 Å². The number of nitrogens with one attached hydrogen (secondary N) is 1. The molecule has 0 saturated heterocycles. The zero-order chi connectivity index (χ0) is 14.0. The number of hydrogen-bond acceptors (Lipinski definition) is 2. The van der Waals surface area contributed by atoms with Crippen molar-refractivity contribution in [1.29, 1.82) is 0 Å². The predicted octanol–water partition coefficient (Wildman–Crippen LogP) is 2.28. The van der Waals surface area contributed by atoms with Gasteiger partial charge in [-0.2, -0.15) is 5.10 Å². The van der Waals surface area contributed by atoms with Crippen LogP contribution in [0, 0.1) is 20.8 Å². The van der Waals surface area contributed by atoms with Crippen LogP contribution in [-0.2, 0) is 13.6 Å². The largest absolute Gasteiger partial charge is 0.348 e. The standard InChI is InChI=1S/C15H19N3O/c1-10-5-6-14(11(2)7-10)15(19)16-8-13-9-17-18(4)12(13)3/h5-7,9H,8H2,1-4H3,(H,16,19). The zero-order valence-electron chi connectivity index (χ0n) is 11.8. The molecule has 2 rings (SSSR count). The van der Waals surface area contributed by atoms with Gasteiger partial charge < -0.3 is 5.32 Å². The Morgan fingerprint density at radius 3 is 2.63 bits per heavy atom. The van der Waals surface area contributed by atoms with E-state index in [1.54, 1.807) is 10.9 Å². The summed E-state index contributed by atoms with van der Waals surface area (Å²) in [5.41, 5.74) is 5.01. The Bertz CT molecular complexity index is 614. The molecule has 100 valence electrons. The summed E-state index contributed by atoms with van der Waals surface area (Å²) >= 11 is 0. The molecule has 0 fully saturated rings. The number of rotatable bonds is 3. The molecule has 1 N–H and O–H groups in total. The van der Waals surface area contributed by atoms with Crippen molar-refractivity contribution in [2.75, 3.05) is 0 Å². The molecule has 2 aromatic rings. The number of aromatic nitrogens is 2. The highest BCUT2D eigenvalue weighted by atomic mass is 16.1. The summed E-state index contributed by atoms with van der Waals surface area (Å²) in [6.45, 7) is 6.47. The van der Waals surface area contributed by atoms with E-state index in [1.807, 2.05) is 46.0 Å². The van der Waals surface area contributed by atoms with Gasteiger partial charge in [0.1, 0.15) is 0 Å². The van der Waals surface area contributed by atoms with Crippen LogP contribution < -0.4 is 5.32 Å². The first-order chi connectivity index (χ1) is 8.99. The van der Waals surface area contributed by atoms with Gasteiger partial charge in [0.2, 0.25) is 0 Å². The Hall–Kier alpha value is -2.10. The van der Waals surface area contributed by atoms with Crippen LogP contribution in [-0.4, -0.2) is 15.7 Å². The number of nitrogens with zero attached hydrogens (tertiary/aromatic N) is 2. The van der Waals surface area contributed by atoms with Gasteiger partial charge in [0.25, 0.3) is 5.91 Å².